The molecular weight excluding hydrogens is 344 g/mol. The lowest BCUT2D eigenvalue weighted by atomic mass is 10.1. The van der Waals surface area contributed by atoms with Gasteiger partial charge in [0.1, 0.15) is 11.6 Å². The molecule has 0 saturated heterocycles. The van der Waals surface area contributed by atoms with Crippen molar-refractivity contribution < 1.29 is 13.6 Å². The van der Waals surface area contributed by atoms with Crippen LogP contribution < -0.4 is 5.32 Å². The molecule has 0 saturated carbocycles. The molecule has 0 aliphatic heterocycles. The van der Waals surface area contributed by atoms with Crippen molar-refractivity contribution in [3.63, 3.8) is 0 Å². The van der Waals surface area contributed by atoms with E-state index in [1.807, 2.05) is 12.1 Å². The number of hydrogen-bond acceptors (Lipinski definition) is 4. The molecule has 0 unspecified atom stereocenters. The first-order valence-corrected chi connectivity index (χ1v) is 7.88. The summed E-state index contributed by atoms with van der Waals surface area (Å²) in [6, 6.07) is 16.1. The first-order valence-electron chi connectivity index (χ1n) is 7.00. The maximum Gasteiger partial charge on any atom is 0.288 e. The smallest absolute Gasteiger partial charge is 0.288 e. The minimum Gasteiger partial charge on any atom is -0.321 e. The maximum absolute atomic E-state index is 12.3. The largest absolute Gasteiger partial charge is 0.321 e. The summed E-state index contributed by atoms with van der Waals surface area (Å²) in [6.07, 6.45) is 1.40. The summed E-state index contributed by atoms with van der Waals surface area (Å²) in [5, 5.41) is 20.5. The number of carbonyl (C=O) groups is 1. The number of anilines is 1. The Hall–Kier alpha value is -3.16. The van der Waals surface area contributed by atoms with Crippen LogP contribution in [0, 0.1) is 22.7 Å². The summed E-state index contributed by atoms with van der Waals surface area (Å²) < 4.78 is 24.5. The number of hydrogen-bond donors (Lipinski definition) is 1. The van der Waals surface area contributed by atoms with Crippen LogP contribution in [0.1, 0.15) is 11.1 Å². The molecule has 2 rings (SSSR count). The fourth-order valence-electron chi connectivity index (χ4n) is 1.89. The van der Waals surface area contributed by atoms with Gasteiger partial charge in [-0.25, -0.2) is 0 Å². The van der Waals surface area contributed by atoms with Gasteiger partial charge in [-0.1, -0.05) is 23.9 Å². The maximum atomic E-state index is 12.3. The van der Waals surface area contributed by atoms with E-state index in [-0.39, 0.29) is 5.57 Å². The van der Waals surface area contributed by atoms with Crippen LogP contribution in [0.25, 0.3) is 6.08 Å². The van der Waals surface area contributed by atoms with E-state index in [0.717, 1.165) is 0 Å². The Morgan fingerprint density at radius 1 is 1.08 bits per heavy atom. The van der Waals surface area contributed by atoms with Crippen LogP contribution in [0.2, 0.25) is 0 Å². The number of nitrogens with one attached hydrogen (secondary N) is 1. The molecule has 25 heavy (non-hydrogen) atoms. The van der Waals surface area contributed by atoms with Gasteiger partial charge in [0.25, 0.3) is 11.7 Å². The molecule has 0 spiro atoms. The van der Waals surface area contributed by atoms with Crippen molar-refractivity contribution in [1.29, 1.82) is 10.5 Å². The molecule has 2 aromatic rings. The van der Waals surface area contributed by atoms with Crippen LogP contribution in [0.4, 0.5) is 14.5 Å². The molecule has 1 amide bonds. The normalized spacial score (nSPS) is 10.8. The Bertz CT molecular complexity index is 863. The SMILES string of the molecule is N#CC(=Cc1ccc(C#N)cc1)C(=O)Nc1ccc(SC(F)F)cc1. The second-order valence-electron chi connectivity index (χ2n) is 4.76. The Morgan fingerprint density at radius 2 is 1.72 bits per heavy atom. The lowest BCUT2D eigenvalue weighted by Crippen LogP contribution is -2.13. The van der Waals surface area contributed by atoms with E-state index < -0.39 is 11.7 Å². The van der Waals surface area contributed by atoms with Crippen molar-refractivity contribution in [1.82, 2.24) is 0 Å². The molecule has 0 bridgehead atoms. The van der Waals surface area contributed by atoms with E-state index in [0.29, 0.717) is 33.5 Å². The predicted octanol–water partition coefficient (Wildman–Crippen LogP) is 4.42. The fraction of sp³-hybridized carbons (Fsp3) is 0.0556. The van der Waals surface area contributed by atoms with Crippen molar-refractivity contribution in [3.8, 4) is 12.1 Å². The van der Waals surface area contributed by atoms with E-state index in [4.69, 9.17) is 10.5 Å². The van der Waals surface area contributed by atoms with Crippen molar-refractivity contribution in [3.05, 3.63) is 65.2 Å². The van der Waals surface area contributed by atoms with Crippen molar-refractivity contribution >= 4 is 29.4 Å². The van der Waals surface area contributed by atoms with Gasteiger partial charge in [-0.2, -0.15) is 19.3 Å². The molecule has 0 aromatic heterocycles. The standard InChI is InChI=1S/C18H11F2N3OS/c19-18(20)25-16-7-5-15(6-8-16)23-17(24)14(11-22)9-12-1-3-13(10-21)4-2-12/h1-9,18H,(H,23,24). The van der Waals surface area contributed by atoms with Crippen LogP contribution in [0.5, 0.6) is 0 Å². The van der Waals surface area contributed by atoms with Gasteiger partial charge < -0.3 is 5.32 Å². The number of nitriles is 2. The molecule has 0 aliphatic carbocycles. The fourth-order valence-corrected chi connectivity index (χ4v) is 2.39. The summed E-state index contributed by atoms with van der Waals surface area (Å²) in [5.41, 5.74) is 1.36. The second kappa shape index (κ2) is 8.62. The number of amides is 1. The molecule has 0 aliphatic rings. The van der Waals surface area contributed by atoms with Crippen LogP contribution in [0.3, 0.4) is 0 Å². The van der Waals surface area contributed by atoms with Gasteiger partial charge in [0.05, 0.1) is 11.6 Å². The molecule has 2 aromatic carbocycles. The second-order valence-corrected chi connectivity index (χ2v) is 5.82. The molecule has 0 heterocycles. The van der Waals surface area contributed by atoms with E-state index in [2.05, 4.69) is 5.32 Å². The van der Waals surface area contributed by atoms with Crippen molar-refractivity contribution in [2.24, 2.45) is 0 Å². The third kappa shape index (κ3) is 5.45. The number of thioether (sulfide) groups is 1. The Balaban J connectivity index is 2.10. The highest BCUT2D eigenvalue weighted by Gasteiger charge is 2.10. The van der Waals surface area contributed by atoms with Gasteiger partial charge in [0, 0.05) is 10.6 Å². The van der Waals surface area contributed by atoms with Crippen LogP contribution in [0.15, 0.2) is 59.0 Å². The Labute approximate surface area is 147 Å². The average Bonchev–Trinajstić information content (AvgIpc) is 2.61. The molecule has 1 N–H and O–H groups in total. The average molecular weight is 355 g/mol. The van der Waals surface area contributed by atoms with Crippen LogP contribution in [-0.2, 0) is 4.79 Å². The zero-order chi connectivity index (χ0) is 18.2. The van der Waals surface area contributed by atoms with Gasteiger partial charge in [0.2, 0.25) is 0 Å². The Kier molecular flexibility index (Phi) is 6.27. The van der Waals surface area contributed by atoms with E-state index in [1.54, 1.807) is 24.3 Å². The third-order valence-corrected chi connectivity index (χ3v) is 3.78. The summed E-state index contributed by atoms with van der Waals surface area (Å²) in [4.78, 5) is 12.5. The molecule has 0 radical (unpaired) electrons. The summed E-state index contributed by atoms with van der Waals surface area (Å²) in [6.45, 7) is 0. The molecule has 124 valence electrons. The van der Waals surface area contributed by atoms with Gasteiger partial charge in [-0.3, -0.25) is 4.79 Å². The van der Waals surface area contributed by atoms with Crippen LogP contribution >= 0.6 is 11.8 Å². The van der Waals surface area contributed by atoms with Gasteiger partial charge in [-0.05, 0) is 48.0 Å². The van der Waals surface area contributed by atoms with Crippen molar-refractivity contribution in [2.75, 3.05) is 5.32 Å². The number of alkyl halides is 2. The molecule has 0 fully saturated rings. The zero-order valence-corrected chi connectivity index (χ0v) is 13.6. The highest BCUT2D eigenvalue weighted by Crippen LogP contribution is 2.26. The number of nitrogens with zero attached hydrogens (tertiary/aromatic N) is 2. The van der Waals surface area contributed by atoms with Crippen molar-refractivity contribution in [2.45, 2.75) is 10.7 Å². The quantitative estimate of drug-likeness (QED) is 0.489. The number of benzene rings is 2. The predicted molar refractivity (Wildman–Crippen MR) is 91.7 cm³/mol. The lowest BCUT2D eigenvalue weighted by Gasteiger charge is -2.06. The van der Waals surface area contributed by atoms with Gasteiger partial charge in [0.15, 0.2) is 0 Å². The van der Waals surface area contributed by atoms with Gasteiger partial charge in [-0.15, -0.1) is 0 Å². The van der Waals surface area contributed by atoms with E-state index >= 15 is 0 Å². The number of carbonyl (C=O) groups excluding carboxylic acids is 1. The lowest BCUT2D eigenvalue weighted by molar-refractivity contribution is -0.112. The zero-order valence-electron chi connectivity index (χ0n) is 12.7. The highest BCUT2D eigenvalue weighted by atomic mass is 32.2. The van der Waals surface area contributed by atoms with E-state index in [9.17, 15) is 13.6 Å². The first kappa shape index (κ1) is 18.2. The van der Waals surface area contributed by atoms with Crippen LogP contribution in [-0.4, -0.2) is 11.7 Å². The highest BCUT2D eigenvalue weighted by molar-refractivity contribution is 7.99. The third-order valence-electron chi connectivity index (χ3n) is 3.05. The minimum atomic E-state index is -2.51. The monoisotopic (exact) mass is 355 g/mol. The molecule has 4 nitrogen and oxygen atoms in total. The minimum absolute atomic E-state index is 0.115. The number of rotatable bonds is 5. The Morgan fingerprint density at radius 3 is 2.24 bits per heavy atom. The molecular formula is C18H11F2N3OS. The summed E-state index contributed by atoms with van der Waals surface area (Å²) in [7, 11) is 0. The summed E-state index contributed by atoms with van der Waals surface area (Å²) >= 11 is 0.409. The summed E-state index contributed by atoms with van der Waals surface area (Å²) in [5.74, 6) is -3.12. The molecule has 0 atom stereocenters. The topological polar surface area (TPSA) is 76.7 Å². The molecule has 7 heteroatoms. The van der Waals surface area contributed by atoms with Gasteiger partial charge >= 0.3 is 0 Å². The first-order chi connectivity index (χ1) is 12.0. The number of halogens is 2. The van der Waals surface area contributed by atoms with E-state index in [1.165, 1.54) is 30.3 Å².